The predicted octanol–water partition coefficient (Wildman–Crippen LogP) is 2.35. The van der Waals surface area contributed by atoms with Crippen LogP contribution in [0.1, 0.15) is 39.1 Å². The summed E-state index contributed by atoms with van der Waals surface area (Å²) in [7, 11) is 0. The molecule has 0 atom stereocenters. The maximum absolute atomic E-state index is 12.3. The molecule has 0 spiro atoms. The SMILES string of the molecule is Nc1cc2c(cc1OCCCCc1ccccc1)C(=O)N(CC(=O)O)C2=O. The van der Waals surface area contributed by atoms with E-state index in [1.807, 2.05) is 18.2 Å². The molecule has 0 unspecified atom stereocenters. The zero-order valence-corrected chi connectivity index (χ0v) is 14.7. The molecule has 2 aromatic rings. The molecule has 1 aliphatic heterocycles. The molecule has 0 aromatic heterocycles. The number of benzene rings is 2. The van der Waals surface area contributed by atoms with E-state index in [0.717, 1.165) is 19.3 Å². The Labute approximate surface area is 156 Å². The van der Waals surface area contributed by atoms with Crippen LogP contribution in [0.4, 0.5) is 5.69 Å². The van der Waals surface area contributed by atoms with Gasteiger partial charge in [-0.1, -0.05) is 30.3 Å². The van der Waals surface area contributed by atoms with Gasteiger partial charge in [-0.3, -0.25) is 19.3 Å². The van der Waals surface area contributed by atoms with Crippen molar-refractivity contribution in [3.05, 3.63) is 59.2 Å². The van der Waals surface area contributed by atoms with Gasteiger partial charge in [0.05, 0.1) is 23.4 Å². The average molecular weight is 368 g/mol. The van der Waals surface area contributed by atoms with Crippen LogP contribution in [0.5, 0.6) is 5.75 Å². The molecule has 0 aliphatic carbocycles. The molecule has 1 aliphatic rings. The Balaban J connectivity index is 1.60. The molecule has 7 nitrogen and oxygen atoms in total. The number of nitrogens with zero attached hydrogens (tertiary/aromatic N) is 1. The summed E-state index contributed by atoms with van der Waals surface area (Å²) < 4.78 is 5.68. The number of ether oxygens (including phenoxy) is 1. The second-order valence-electron chi connectivity index (χ2n) is 6.32. The highest BCUT2D eigenvalue weighted by atomic mass is 16.5. The first-order valence-corrected chi connectivity index (χ1v) is 8.65. The van der Waals surface area contributed by atoms with E-state index in [4.69, 9.17) is 15.6 Å². The van der Waals surface area contributed by atoms with Gasteiger partial charge >= 0.3 is 5.97 Å². The lowest BCUT2D eigenvalue weighted by atomic mass is 10.1. The van der Waals surface area contributed by atoms with Gasteiger partial charge in [-0.25, -0.2) is 0 Å². The zero-order chi connectivity index (χ0) is 19.4. The standard InChI is InChI=1S/C20H20N2O5/c21-16-10-14-15(20(26)22(19(14)25)12-18(23)24)11-17(16)27-9-5-4-8-13-6-2-1-3-7-13/h1-3,6-7,10-11H,4-5,8-9,12,21H2,(H,23,24). The molecule has 1 heterocycles. The number of hydrogen-bond acceptors (Lipinski definition) is 5. The monoisotopic (exact) mass is 368 g/mol. The number of imide groups is 1. The molecule has 3 N–H and O–H groups in total. The van der Waals surface area contributed by atoms with Crippen LogP contribution in [0.15, 0.2) is 42.5 Å². The lowest BCUT2D eigenvalue weighted by molar-refractivity contribution is -0.137. The van der Waals surface area contributed by atoms with Gasteiger partial charge in [0.1, 0.15) is 12.3 Å². The van der Waals surface area contributed by atoms with Crippen molar-refractivity contribution < 1.29 is 24.2 Å². The van der Waals surface area contributed by atoms with Gasteiger partial charge in [0.15, 0.2) is 0 Å². The molecule has 0 saturated heterocycles. The summed E-state index contributed by atoms with van der Waals surface area (Å²) in [6, 6.07) is 12.9. The molecule has 0 radical (unpaired) electrons. The van der Waals surface area contributed by atoms with E-state index >= 15 is 0 Å². The highest BCUT2D eigenvalue weighted by Gasteiger charge is 2.37. The fourth-order valence-corrected chi connectivity index (χ4v) is 3.00. The van der Waals surface area contributed by atoms with Crippen molar-refractivity contribution in [2.24, 2.45) is 0 Å². The maximum atomic E-state index is 12.3. The van der Waals surface area contributed by atoms with Crippen molar-refractivity contribution in [1.82, 2.24) is 4.90 Å². The van der Waals surface area contributed by atoms with E-state index in [-0.39, 0.29) is 16.8 Å². The Hall–Kier alpha value is -3.35. The van der Waals surface area contributed by atoms with Crippen LogP contribution in [0, 0.1) is 0 Å². The Morgan fingerprint density at radius 2 is 1.70 bits per heavy atom. The number of carboxylic acid groups (broad SMARTS) is 1. The lowest BCUT2D eigenvalue weighted by Gasteiger charge is -2.10. The topological polar surface area (TPSA) is 110 Å². The van der Waals surface area contributed by atoms with Crippen LogP contribution in [0.25, 0.3) is 0 Å². The summed E-state index contributed by atoms with van der Waals surface area (Å²) in [6.45, 7) is -0.251. The molecular formula is C20H20N2O5. The number of unbranched alkanes of at least 4 members (excludes halogenated alkanes) is 1. The number of carbonyl (C=O) groups excluding carboxylic acids is 2. The highest BCUT2D eigenvalue weighted by Crippen LogP contribution is 2.32. The maximum Gasteiger partial charge on any atom is 0.323 e. The summed E-state index contributed by atoms with van der Waals surface area (Å²) >= 11 is 0. The number of fused-ring (bicyclic) bond motifs is 1. The van der Waals surface area contributed by atoms with Crippen molar-refractivity contribution in [1.29, 1.82) is 0 Å². The van der Waals surface area contributed by atoms with E-state index in [0.29, 0.717) is 17.3 Å². The summed E-state index contributed by atoms with van der Waals surface area (Å²) in [4.78, 5) is 36.0. The Morgan fingerprint density at radius 3 is 2.37 bits per heavy atom. The van der Waals surface area contributed by atoms with Gasteiger partial charge in [0, 0.05) is 0 Å². The smallest absolute Gasteiger partial charge is 0.323 e. The minimum absolute atomic E-state index is 0.107. The second kappa shape index (κ2) is 7.90. The third-order valence-corrected chi connectivity index (χ3v) is 4.35. The van der Waals surface area contributed by atoms with E-state index in [9.17, 15) is 14.4 Å². The third kappa shape index (κ3) is 4.08. The molecule has 3 rings (SSSR count). The van der Waals surface area contributed by atoms with Crippen LogP contribution >= 0.6 is 0 Å². The molecule has 2 aromatic carbocycles. The molecule has 0 fully saturated rings. The van der Waals surface area contributed by atoms with Crippen molar-refractivity contribution in [3.63, 3.8) is 0 Å². The van der Waals surface area contributed by atoms with Crippen molar-refractivity contribution in [2.75, 3.05) is 18.9 Å². The molecule has 27 heavy (non-hydrogen) atoms. The fraction of sp³-hybridized carbons (Fsp3) is 0.250. The van der Waals surface area contributed by atoms with Crippen molar-refractivity contribution in [3.8, 4) is 5.75 Å². The van der Waals surface area contributed by atoms with Gasteiger partial charge in [-0.2, -0.15) is 0 Å². The largest absolute Gasteiger partial charge is 0.491 e. The minimum atomic E-state index is -1.26. The average Bonchev–Trinajstić information content (AvgIpc) is 2.86. The van der Waals surface area contributed by atoms with Crippen LogP contribution < -0.4 is 10.5 Å². The Kier molecular flexibility index (Phi) is 5.40. The number of amides is 2. The van der Waals surface area contributed by atoms with Gasteiger partial charge in [0.2, 0.25) is 0 Å². The van der Waals surface area contributed by atoms with Crippen molar-refractivity contribution in [2.45, 2.75) is 19.3 Å². The lowest BCUT2D eigenvalue weighted by Crippen LogP contribution is -2.34. The second-order valence-corrected chi connectivity index (χ2v) is 6.32. The Bertz CT molecular complexity index is 879. The number of hydrogen-bond donors (Lipinski definition) is 2. The number of nitrogen functional groups attached to an aromatic ring is 1. The van der Waals surface area contributed by atoms with Crippen molar-refractivity contribution >= 4 is 23.5 Å². The predicted molar refractivity (Wildman–Crippen MR) is 98.7 cm³/mol. The van der Waals surface area contributed by atoms with E-state index in [2.05, 4.69) is 12.1 Å². The van der Waals surface area contributed by atoms with Gasteiger partial charge in [0.25, 0.3) is 11.8 Å². The van der Waals surface area contributed by atoms with E-state index < -0.39 is 24.3 Å². The number of rotatable bonds is 8. The number of nitrogens with two attached hydrogens (primary N) is 1. The molecule has 2 amide bonds. The first kappa shape index (κ1) is 18.4. The molecule has 0 bridgehead atoms. The summed E-state index contributed by atoms with van der Waals surface area (Å²) in [6.07, 6.45) is 2.70. The summed E-state index contributed by atoms with van der Waals surface area (Å²) in [5, 5.41) is 8.85. The number of aryl methyl sites for hydroxylation is 1. The van der Waals surface area contributed by atoms with Gasteiger partial charge < -0.3 is 15.6 Å². The number of aliphatic carboxylic acids is 1. The van der Waals surface area contributed by atoms with Crippen LogP contribution in [0.2, 0.25) is 0 Å². The van der Waals surface area contributed by atoms with Crippen LogP contribution in [0.3, 0.4) is 0 Å². The summed E-state index contributed by atoms with van der Waals surface area (Å²) in [5.74, 6) is -2.23. The van der Waals surface area contributed by atoms with Gasteiger partial charge in [-0.05, 0) is 37.0 Å². The number of anilines is 1. The van der Waals surface area contributed by atoms with E-state index in [1.54, 1.807) is 0 Å². The molecule has 7 heteroatoms. The third-order valence-electron chi connectivity index (χ3n) is 4.35. The van der Waals surface area contributed by atoms with Gasteiger partial charge in [-0.15, -0.1) is 0 Å². The molecule has 140 valence electrons. The van der Waals surface area contributed by atoms with Crippen LogP contribution in [-0.2, 0) is 11.2 Å². The zero-order valence-electron chi connectivity index (χ0n) is 14.7. The van der Waals surface area contributed by atoms with E-state index in [1.165, 1.54) is 17.7 Å². The first-order valence-electron chi connectivity index (χ1n) is 8.65. The quantitative estimate of drug-likeness (QED) is 0.420. The summed E-state index contributed by atoms with van der Waals surface area (Å²) in [5.41, 5.74) is 7.66. The normalized spacial score (nSPS) is 13.0. The highest BCUT2D eigenvalue weighted by molar-refractivity contribution is 6.22. The Morgan fingerprint density at radius 1 is 1.04 bits per heavy atom. The number of carbonyl (C=O) groups is 3. The van der Waals surface area contributed by atoms with Crippen LogP contribution in [-0.4, -0.2) is 40.9 Å². The minimum Gasteiger partial charge on any atom is -0.491 e. The first-order chi connectivity index (χ1) is 13.0. The fourth-order valence-electron chi connectivity index (χ4n) is 3.00. The molecular weight excluding hydrogens is 348 g/mol. The number of carboxylic acids is 1. The molecule has 0 saturated carbocycles.